The Balaban J connectivity index is 2.17. The standard InChI is InChI=1S/C12H20N4O/c1-8(2)16-7-15-12-10(6-14-9(3)17)13-5-4-11(12)16/h7-8,10,13H,4-6H2,1-3H3,(H,14,17). The summed E-state index contributed by atoms with van der Waals surface area (Å²) in [6.45, 7) is 7.41. The van der Waals surface area contributed by atoms with Crippen molar-refractivity contribution in [2.45, 2.75) is 39.3 Å². The van der Waals surface area contributed by atoms with Crippen molar-refractivity contribution < 1.29 is 4.79 Å². The van der Waals surface area contributed by atoms with Gasteiger partial charge in [-0.1, -0.05) is 0 Å². The maximum Gasteiger partial charge on any atom is 0.216 e. The van der Waals surface area contributed by atoms with E-state index in [9.17, 15) is 4.79 Å². The maximum absolute atomic E-state index is 10.9. The average Bonchev–Trinajstić information content (AvgIpc) is 2.70. The summed E-state index contributed by atoms with van der Waals surface area (Å²) in [7, 11) is 0. The topological polar surface area (TPSA) is 59.0 Å². The molecule has 5 nitrogen and oxygen atoms in total. The summed E-state index contributed by atoms with van der Waals surface area (Å²) in [5.41, 5.74) is 2.38. The van der Waals surface area contributed by atoms with Crippen molar-refractivity contribution in [3.63, 3.8) is 0 Å². The highest BCUT2D eigenvalue weighted by Gasteiger charge is 2.24. The van der Waals surface area contributed by atoms with Gasteiger partial charge >= 0.3 is 0 Å². The largest absolute Gasteiger partial charge is 0.354 e. The lowest BCUT2D eigenvalue weighted by molar-refractivity contribution is -0.119. The van der Waals surface area contributed by atoms with E-state index in [0.717, 1.165) is 18.7 Å². The van der Waals surface area contributed by atoms with Crippen LogP contribution in [0.15, 0.2) is 6.33 Å². The third kappa shape index (κ3) is 2.49. The number of fused-ring (bicyclic) bond motifs is 1. The Bertz CT molecular complexity index is 411. The zero-order chi connectivity index (χ0) is 12.4. The van der Waals surface area contributed by atoms with Gasteiger partial charge in [0.2, 0.25) is 5.91 Å². The fourth-order valence-electron chi connectivity index (χ4n) is 2.27. The summed E-state index contributed by atoms with van der Waals surface area (Å²) < 4.78 is 2.22. The van der Waals surface area contributed by atoms with Crippen LogP contribution in [0.5, 0.6) is 0 Å². The van der Waals surface area contributed by atoms with Gasteiger partial charge in [-0.15, -0.1) is 0 Å². The third-order valence-corrected chi connectivity index (χ3v) is 3.12. The van der Waals surface area contributed by atoms with Crippen LogP contribution in [0.3, 0.4) is 0 Å². The van der Waals surface area contributed by atoms with Crippen molar-refractivity contribution in [3.8, 4) is 0 Å². The van der Waals surface area contributed by atoms with Crippen LogP contribution in [-0.2, 0) is 11.2 Å². The molecule has 1 atom stereocenters. The molecule has 2 N–H and O–H groups in total. The molecule has 0 saturated heterocycles. The zero-order valence-corrected chi connectivity index (χ0v) is 10.7. The van der Waals surface area contributed by atoms with E-state index in [1.807, 2.05) is 6.33 Å². The van der Waals surface area contributed by atoms with Gasteiger partial charge in [0.15, 0.2) is 0 Å². The zero-order valence-electron chi connectivity index (χ0n) is 10.7. The summed E-state index contributed by atoms with van der Waals surface area (Å²) >= 11 is 0. The van der Waals surface area contributed by atoms with Crippen LogP contribution in [0.1, 0.15) is 44.2 Å². The molecule has 2 heterocycles. The Labute approximate surface area is 102 Å². The minimum Gasteiger partial charge on any atom is -0.354 e. The van der Waals surface area contributed by atoms with Crippen LogP contribution in [-0.4, -0.2) is 28.5 Å². The Kier molecular flexibility index (Phi) is 3.47. The minimum atomic E-state index is 0.00205. The second kappa shape index (κ2) is 4.87. The van der Waals surface area contributed by atoms with Crippen LogP contribution in [0, 0.1) is 0 Å². The molecule has 1 aromatic rings. The normalized spacial score (nSPS) is 19.2. The lowest BCUT2D eigenvalue weighted by Crippen LogP contribution is -2.38. The van der Waals surface area contributed by atoms with Crippen LogP contribution in [0.25, 0.3) is 0 Å². The van der Waals surface area contributed by atoms with E-state index < -0.39 is 0 Å². The van der Waals surface area contributed by atoms with E-state index in [1.54, 1.807) is 0 Å². The average molecular weight is 236 g/mol. The van der Waals surface area contributed by atoms with Gasteiger partial charge in [0.25, 0.3) is 0 Å². The van der Waals surface area contributed by atoms with Crippen molar-refractivity contribution in [1.29, 1.82) is 0 Å². The predicted molar refractivity (Wildman–Crippen MR) is 65.7 cm³/mol. The quantitative estimate of drug-likeness (QED) is 0.815. The molecule has 5 heteroatoms. The second-order valence-electron chi connectivity index (χ2n) is 4.77. The van der Waals surface area contributed by atoms with Gasteiger partial charge in [0.05, 0.1) is 18.1 Å². The minimum absolute atomic E-state index is 0.00205. The van der Waals surface area contributed by atoms with E-state index in [4.69, 9.17) is 0 Å². The fraction of sp³-hybridized carbons (Fsp3) is 0.667. The van der Waals surface area contributed by atoms with Gasteiger partial charge in [-0.25, -0.2) is 4.98 Å². The number of hydrogen-bond donors (Lipinski definition) is 2. The molecule has 1 amide bonds. The number of amides is 1. The lowest BCUT2D eigenvalue weighted by atomic mass is 10.0. The lowest BCUT2D eigenvalue weighted by Gasteiger charge is -2.25. The van der Waals surface area contributed by atoms with E-state index in [1.165, 1.54) is 12.6 Å². The highest BCUT2D eigenvalue weighted by molar-refractivity contribution is 5.72. The highest BCUT2D eigenvalue weighted by Crippen LogP contribution is 2.23. The van der Waals surface area contributed by atoms with E-state index >= 15 is 0 Å². The summed E-state index contributed by atoms with van der Waals surface area (Å²) in [5.74, 6) is 0.00205. The first kappa shape index (κ1) is 12.1. The Hall–Kier alpha value is -1.36. The molecule has 0 aliphatic carbocycles. The van der Waals surface area contributed by atoms with Gasteiger partial charge in [-0.3, -0.25) is 4.79 Å². The molecule has 0 bridgehead atoms. The van der Waals surface area contributed by atoms with Gasteiger partial charge in [0, 0.05) is 38.2 Å². The molecular formula is C12H20N4O. The molecule has 0 saturated carbocycles. The van der Waals surface area contributed by atoms with Gasteiger partial charge in [-0.2, -0.15) is 0 Å². The number of hydrogen-bond acceptors (Lipinski definition) is 3. The predicted octanol–water partition coefficient (Wildman–Crippen LogP) is 0.787. The Morgan fingerprint density at radius 1 is 1.71 bits per heavy atom. The number of imidazole rings is 1. The fourth-order valence-corrected chi connectivity index (χ4v) is 2.27. The van der Waals surface area contributed by atoms with Gasteiger partial charge in [0.1, 0.15) is 0 Å². The molecular weight excluding hydrogens is 216 g/mol. The van der Waals surface area contributed by atoms with E-state index in [-0.39, 0.29) is 11.9 Å². The highest BCUT2D eigenvalue weighted by atomic mass is 16.1. The SMILES string of the molecule is CC(=O)NCC1NCCc2c1ncn2C(C)C. The summed E-state index contributed by atoms with van der Waals surface area (Å²) in [6.07, 6.45) is 2.91. The monoisotopic (exact) mass is 236 g/mol. The maximum atomic E-state index is 10.9. The van der Waals surface area contributed by atoms with Crippen molar-refractivity contribution in [2.24, 2.45) is 0 Å². The van der Waals surface area contributed by atoms with Crippen LogP contribution < -0.4 is 10.6 Å². The summed E-state index contributed by atoms with van der Waals surface area (Å²) in [5, 5.41) is 6.24. The van der Waals surface area contributed by atoms with Crippen molar-refractivity contribution in [1.82, 2.24) is 20.2 Å². The molecule has 94 valence electrons. The van der Waals surface area contributed by atoms with Crippen molar-refractivity contribution >= 4 is 5.91 Å². The molecule has 1 unspecified atom stereocenters. The number of carbonyl (C=O) groups is 1. The van der Waals surface area contributed by atoms with Crippen LogP contribution in [0.4, 0.5) is 0 Å². The van der Waals surface area contributed by atoms with E-state index in [0.29, 0.717) is 12.6 Å². The number of rotatable bonds is 3. The molecule has 1 aliphatic heterocycles. The molecule has 0 radical (unpaired) electrons. The molecule has 2 rings (SSSR count). The summed E-state index contributed by atoms with van der Waals surface area (Å²) in [4.78, 5) is 15.4. The van der Waals surface area contributed by atoms with Crippen LogP contribution in [0.2, 0.25) is 0 Å². The first-order valence-electron chi connectivity index (χ1n) is 6.13. The summed E-state index contributed by atoms with van der Waals surface area (Å²) in [6, 6.07) is 0.577. The first-order valence-corrected chi connectivity index (χ1v) is 6.13. The molecule has 1 aromatic heterocycles. The number of carbonyl (C=O) groups excluding carboxylic acids is 1. The van der Waals surface area contributed by atoms with Gasteiger partial charge < -0.3 is 15.2 Å². The smallest absolute Gasteiger partial charge is 0.216 e. The third-order valence-electron chi connectivity index (χ3n) is 3.12. The van der Waals surface area contributed by atoms with Crippen molar-refractivity contribution in [3.05, 3.63) is 17.7 Å². The molecule has 0 aromatic carbocycles. The first-order chi connectivity index (χ1) is 8.09. The van der Waals surface area contributed by atoms with Crippen LogP contribution >= 0.6 is 0 Å². The van der Waals surface area contributed by atoms with E-state index in [2.05, 4.69) is 34.0 Å². The van der Waals surface area contributed by atoms with Crippen molar-refractivity contribution in [2.75, 3.05) is 13.1 Å². The Morgan fingerprint density at radius 3 is 3.12 bits per heavy atom. The van der Waals surface area contributed by atoms with Gasteiger partial charge in [-0.05, 0) is 13.8 Å². The Morgan fingerprint density at radius 2 is 2.47 bits per heavy atom. The molecule has 0 spiro atoms. The molecule has 1 aliphatic rings. The number of nitrogens with one attached hydrogen (secondary N) is 2. The number of aromatic nitrogens is 2. The molecule has 17 heavy (non-hydrogen) atoms. The number of nitrogens with zero attached hydrogens (tertiary/aromatic N) is 2. The second-order valence-corrected chi connectivity index (χ2v) is 4.77. The molecule has 0 fully saturated rings.